The number of benzene rings is 6. The van der Waals surface area contributed by atoms with E-state index in [1.54, 1.807) is 60.9 Å². The summed E-state index contributed by atoms with van der Waals surface area (Å²) >= 11 is 0. The van der Waals surface area contributed by atoms with Crippen LogP contribution in [0.4, 0.5) is 0 Å². The molecule has 6 bridgehead atoms. The molecule has 67 heavy (non-hydrogen) atoms. The lowest BCUT2D eigenvalue weighted by atomic mass is 9.87. The van der Waals surface area contributed by atoms with Gasteiger partial charge >= 0.3 is 0 Å². The Labute approximate surface area is 391 Å². The standard InChI is InChI=1S/C38H42N2O6.C17H14O4/c1-39-15-13-25-20-32(42-4)34-22-28(25)29(39)17-23-7-10-27(11-8-23)45-33-19-24(9-12-31(33)41-3)18-30-36-26(14-16-40(30)2)21-35(43-5)37(44-6)38(36)46-34;1-19-12-5-3-4-11(8-12)16-10-15(18)14-7-6-13(20-2)9-17(14)21-16/h7-12,19-22,29-30H,13-18H2,1-6H3;3-10H,1-2H3. The Morgan fingerprint density at radius 2 is 1.24 bits per heavy atom. The van der Waals surface area contributed by atoms with Gasteiger partial charge in [0, 0.05) is 48.4 Å². The van der Waals surface area contributed by atoms with E-state index in [1.807, 2.05) is 42.5 Å². The second kappa shape index (κ2) is 19.4. The van der Waals surface area contributed by atoms with E-state index in [2.05, 4.69) is 66.4 Å². The van der Waals surface area contributed by atoms with E-state index in [1.165, 1.54) is 28.3 Å². The van der Waals surface area contributed by atoms with Gasteiger partial charge in [-0.25, -0.2) is 0 Å². The molecule has 346 valence electrons. The quantitative estimate of drug-likeness (QED) is 0.152. The Kier molecular flexibility index (Phi) is 13.0. The summed E-state index contributed by atoms with van der Waals surface area (Å²) in [6.07, 6.45) is 3.37. The average molecular weight is 905 g/mol. The molecule has 0 aliphatic carbocycles. The van der Waals surface area contributed by atoms with Crippen molar-refractivity contribution in [3.8, 4) is 68.8 Å². The maximum atomic E-state index is 12.2. The maximum absolute atomic E-state index is 12.2. The van der Waals surface area contributed by atoms with Crippen molar-refractivity contribution in [1.29, 1.82) is 0 Å². The molecule has 0 amide bonds. The molecule has 0 radical (unpaired) electrons. The van der Waals surface area contributed by atoms with Crippen molar-refractivity contribution in [3.63, 3.8) is 0 Å². The van der Waals surface area contributed by atoms with Crippen LogP contribution in [-0.4, -0.2) is 79.6 Å². The summed E-state index contributed by atoms with van der Waals surface area (Å²) < 4.78 is 53.3. The van der Waals surface area contributed by atoms with E-state index in [4.69, 9.17) is 42.3 Å². The normalized spacial score (nSPS) is 16.5. The molecule has 0 saturated carbocycles. The molecule has 4 aliphatic rings. The third-order valence-electron chi connectivity index (χ3n) is 13.1. The van der Waals surface area contributed by atoms with Crippen LogP contribution >= 0.6 is 0 Å². The zero-order chi connectivity index (χ0) is 46.8. The Morgan fingerprint density at radius 3 is 1.97 bits per heavy atom. The lowest BCUT2D eigenvalue weighted by Gasteiger charge is -2.37. The fourth-order valence-corrected chi connectivity index (χ4v) is 9.46. The van der Waals surface area contributed by atoms with Crippen LogP contribution < -0.4 is 43.3 Å². The summed E-state index contributed by atoms with van der Waals surface area (Å²) in [5.41, 5.74) is 8.35. The van der Waals surface area contributed by atoms with Gasteiger partial charge in [-0.15, -0.1) is 0 Å². The van der Waals surface area contributed by atoms with Gasteiger partial charge in [-0.2, -0.15) is 0 Å². The number of nitrogens with zero attached hydrogens (tertiary/aromatic N) is 2. The summed E-state index contributed by atoms with van der Waals surface area (Å²) in [7, 11) is 14.3. The maximum Gasteiger partial charge on any atom is 0.204 e. The molecule has 0 fully saturated rings. The van der Waals surface area contributed by atoms with Crippen molar-refractivity contribution < 1.29 is 42.3 Å². The van der Waals surface area contributed by atoms with Crippen molar-refractivity contribution in [1.82, 2.24) is 9.80 Å². The van der Waals surface area contributed by atoms with Crippen LogP contribution in [0.2, 0.25) is 0 Å². The fraction of sp³-hybridized carbons (Fsp3) is 0.291. The zero-order valence-electron chi connectivity index (χ0n) is 39.3. The van der Waals surface area contributed by atoms with E-state index < -0.39 is 0 Å². The first kappa shape index (κ1) is 45.0. The van der Waals surface area contributed by atoms with Gasteiger partial charge in [-0.05, 0) is 134 Å². The van der Waals surface area contributed by atoms with E-state index >= 15 is 0 Å². The highest BCUT2D eigenvalue weighted by molar-refractivity contribution is 5.80. The second-order valence-corrected chi connectivity index (χ2v) is 17.0. The molecule has 2 unspecified atom stereocenters. The predicted molar refractivity (Wildman–Crippen MR) is 259 cm³/mol. The molecule has 0 saturated heterocycles. The van der Waals surface area contributed by atoms with Crippen LogP contribution in [0.3, 0.4) is 0 Å². The number of hydrogen-bond donors (Lipinski definition) is 0. The molecular formula is C55H56N2O10. The first-order valence-corrected chi connectivity index (χ1v) is 22.4. The topological polar surface area (TPSA) is 111 Å². The van der Waals surface area contributed by atoms with Gasteiger partial charge in [-0.3, -0.25) is 14.6 Å². The van der Waals surface area contributed by atoms with Crippen LogP contribution in [0.1, 0.15) is 45.5 Å². The number of hydrogen-bond acceptors (Lipinski definition) is 12. The highest BCUT2D eigenvalue weighted by Crippen LogP contribution is 2.52. The number of fused-ring (bicyclic) bond motifs is 3. The minimum Gasteiger partial charge on any atom is -0.497 e. The monoisotopic (exact) mass is 904 g/mol. The average Bonchev–Trinajstić information content (AvgIpc) is 3.35. The first-order chi connectivity index (χ1) is 32.6. The van der Waals surface area contributed by atoms with Gasteiger partial charge in [0.25, 0.3) is 0 Å². The van der Waals surface area contributed by atoms with Gasteiger partial charge in [0.1, 0.15) is 28.6 Å². The fourth-order valence-electron chi connectivity index (χ4n) is 9.46. The molecule has 5 heterocycles. The predicted octanol–water partition coefficient (Wildman–Crippen LogP) is 10.6. The smallest absolute Gasteiger partial charge is 0.204 e. The van der Waals surface area contributed by atoms with Crippen molar-refractivity contribution in [3.05, 3.63) is 153 Å². The Bertz CT molecular complexity index is 2980. The number of methoxy groups -OCH3 is 6. The van der Waals surface area contributed by atoms with E-state index in [0.29, 0.717) is 68.5 Å². The molecule has 11 rings (SSSR count). The molecule has 7 aromatic rings. The van der Waals surface area contributed by atoms with Crippen LogP contribution in [-0.2, 0) is 25.7 Å². The van der Waals surface area contributed by atoms with Crippen molar-refractivity contribution in [2.75, 3.05) is 69.8 Å². The lowest BCUT2D eigenvalue weighted by molar-refractivity contribution is 0.220. The largest absolute Gasteiger partial charge is 0.497 e. The summed E-state index contributed by atoms with van der Waals surface area (Å²) in [4.78, 5) is 17.0. The van der Waals surface area contributed by atoms with Crippen molar-refractivity contribution in [2.45, 2.75) is 37.8 Å². The lowest BCUT2D eigenvalue weighted by Crippen LogP contribution is -2.34. The van der Waals surface area contributed by atoms with Crippen LogP contribution in [0, 0.1) is 0 Å². The van der Waals surface area contributed by atoms with E-state index in [-0.39, 0.29) is 17.5 Å². The van der Waals surface area contributed by atoms with Gasteiger partial charge in [0.15, 0.2) is 39.9 Å². The van der Waals surface area contributed by atoms with Crippen molar-refractivity contribution >= 4 is 11.0 Å². The highest BCUT2D eigenvalue weighted by atomic mass is 16.5. The second-order valence-electron chi connectivity index (χ2n) is 17.0. The number of rotatable bonds is 7. The number of likely N-dealkylation sites (N-methyl/N-ethyl adjacent to an activating group) is 2. The Hall–Kier alpha value is -7.15. The molecule has 0 N–H and O–H groups in total. The molecule has 0 spiro atoms. The van der Waals surface area contributed by atoms with Gasteiger partial charge in [0.2, 0.25) is 5.75 Å². The molecule has 12 nitrogen and oxygen atoms in total. The third-order valence-corrected chi connectivity index (χ3v) is 13.1. The summed E-state index contributed by atoms with van der Waals surface area (Å²) in [5, 5.41) is 0.530. The van der Waals surface area contributed by atoms with Crippen molar-refractivity contribution in [2.24, 2.45) is 0 Å². The molecule has 1 aromatic heterocycles. The van der Waals surface area contributed by atoms with Gasteiger partial charge in [0.05, 0.1) is 48.0 Å². The molecule has 12 heteroatoms. The molecule has 2 atom stereocenters. The first-order valence-electron chi connectivity index (χ1n) is 22.4. The molecule has 6 aromatic carbocycles. The van der Waals surface area contributed by atoms with Crippen LogP contribution in [0.25, 0.3) is 22.3 Å². The zero-order valence-corrected chi connectivity index (χ0v) is 39.3. The van der Waals surface area contributed by atoms with E-state index in [9.17, 15) is 4.79 Å². The minimum atomic E-state index is -0.0864. The Balaban J connectivity index is 0.000000223. The highest BCUT2D eigenvalue weighted by Gasteiger charge is 2.35. The Morgan fingerprint density at radius 1 is 0.567 bits per heavy atom. The third kappa shape index (κ3) is 9.07. The van der Waals surface area contributed by atoms with Crippen LogP contribution in [0.5, 0.6) is 57.5 Å². The summed E-state index contributed by atoms with van der Waals surface area (Å²) in [5.74, 6) is 7.27. The summed E-state index contributed by atoms with van der Waals surface area (Å²) in [6, 6.07) is 35.2. The molecule has 4 aliphatic heterocycles. The van der Waals surface area contributed by atoms with Crippen LogP contribution in [0.15, 0.2) is 118 Å². The molecular weight excluding hydrogens is 849 g/mol. The summed E-state index contributed by atoms with van der Waals surface area (Å²) in [6.45, 7) is 1.86. The number of ether oxygens (including phenoxy) is 8. The minimum absolute atomic E-state index is 0.000437. The van der Waals surface area contributed by atoms with Gasteiger partial charge < -0.3 is 42.3 Å². The van der Waals surface area contributed by atoms with Gasteiger partial charge in [-0.1, -0.05) is 30.3 Å². The SMILES string of the molecule is COc1ccc2cc1Oc1ccc(cc1)CC1c3cc(c(OC)cc3CCN1C)Oc1c(OC)c(OC)cc3c1C(C2)N(C)CC3.COc1cccc(-c2cc(=O)c3ccc(OC)cc3o2)c1. The van der Waals surface area contributed by atoms with E-state index in [0.717, 1.165) is 61.2 Å².